The molecule has 0 fully saturated rings. The lowest BCUT2D eigenvalue weighted by Crippen LogP contribution is -1.96. The highest BCUT2D eigenvalue weighted by Crippen LogP contribution is 2.08. The molecule has 1 heterocycles. The molecular formula is C5H5NO2S2. The van der Waals surface area contributed by atoms with Crippen LogP contribution < -0.4 is 0 Å². The second kappa shape index (κ2) is 2.94. The van der Waals surface area contributed by atoms with Crippen LogP contribution in [0.4, 0.5) is 0 Å². The van der Waals surface area contributed by atoms with Gasteiger partial charge in [0.1, 0.15) is 0 Å². The number of carboxylic acid groups (broad SMARTS) is 1. The molecule has 0 amide bonds. The van der Waals surface area contributed by atoms with E-state index in [2.05, 4.69) is 4.98 Å². The van der Waals surface area contributed by atoms with E-state index in [1.54, 1.807) is 6.20 Å². The molecule has 0 saturated carbocycles. The summed E-state index contributed by atoms with van der Waals surface area (Å²) in [7, 11) is 0. The fourth-order valence-corrected chi connectivity index (χ4v) is 1.60. The van der Waals surface area contributed by atoms with Crippen molar-refractivity contribution in [1.82, 2.24) is 4.98 Å². The zero-order valence-corrected chi connectivity index (χ0v) is 6.59. The van der Waals surface area contributed by atoms with E-state index in [0.29, 0.717) is 3.95 Å². The number of rotatable bonds is 2. The summed E-state index contributed by atoms with van der Waals surface area (Å²) in [4.78, 5) is 13.6. The Kier molecular flexibility index (Phi) is 2.18. The van der Waals surface area contributed by atoms with Crippen molar-refractivity contribution in [2.24, 2.45) is 0 Å². The standard InChI is InChI=1S/C5H5NO2S2/c7-4(8)1-3-2-6-5(9)10-3/h2H,1H2,(H,6,9)(H,7,8). The normalized spacial score (nSPS) is 9.60. The second-order valence-corrected chi connectivity index (χ2v) is 3.52. The summed E-state index contributed by atoms with van der Waals surface area (Å²) in [5.74, 6) is -0.828. The molecule has 0 aliphatic rings. The zero-order chi connectivity index (χ0) is 7.56. The van der Waals surface area contributed by atoms with Crippen LogP contribution in [0.25, 0.3) is 0 Å². The van der Waals surface area contributed by atoms with E-state index in [-0.39, 0.29) is 6.42 Å². The van der Waals surface area contributed by atoms with Crippen LogP contribution in [0.15, 0.2) is 6.20 Å². The third kappa shape index (κ3) is 1.93. The number of carboxylic acids is 1. The van der Waals surface area contributed by atoms with Gasteiger partial charge in [0.15, 0.2) is 3.95 Å². The molecule has 0 aliphatic carbocycles. The minimum Gasteiger partial charge on any atom is -0.481 e. The summed E-state index contributed by atoms with van der Waals surface area (Å²) in [6, 6.07) is 0. The molecule has 3 nitrogen and oxygen atoms in total. The van der Waals surface area contributed by atoms with Crippen molar-refractivity contribution in [2.75, 3.05) is 0 Å². The average Bonchev–Trinajstić information content (AvgIpc) is 2.13. The minimum absolute atomic E-state index is 0.0534. The van der Waals surface area contributed by atoms with Gasteiger partial charge in [-0.25, -0.2) is 0 Å². The first-order valence-electron chi connectivity index (χ1n) is 2.57. The van der Waals surface area contributed by atoms with Crippen molar-refractivity contribution in [3.8, 4) is 0 Å². The van der Waals surface area contributed by atoms with Crippen LogP contribution >= 0.6 is 23.6 Å². The average molecular weight is 175 g/mol. The summed E-state index contributed by atoms with van der Waals surface area (Å²) >= 11 is 6.05. The number of aliphatic carboxylic acids is 1. The van der Waals surface area contributed by atoms with Gasteiger partial charge in [-0.05, 0) is 12.2 Å². The summed E-state index contributed by atoms with van der Waals surface area (Å²) < 4.78 is 0.622. The molecule has 0 bridgehead atoms. The van der Waals surface area contributed by atoms with Gasteiger partial charge in [-0.2, -0.15) is 0 Å². The van der Waals surface area contributed by atoms with Crippen molar-refractivity contribution in [1.29, 1.82) is 0 Å². The lowest BCUT2D eigenvalue weighted by molar-refractivity contribution is -0.136. The van der Waals surface area contributed by atoms with Crippen molar-refractivity contribution in [3.05, 3.63) is 15.0 Å². The highest BCUT2D eigenvalue weighted by molar-refractivity contribution is 7.73. The molecule has 1 aromatic heterocycles. The van der Waals surface area contributed by atoms with Crippen molar-refractivity contribution >= 4 is 29.5 Å². The fourth-order valence-electron chi connectivity index (χ4n) is 0.554. The lowest BCUT2D eigenvalue weighted by Gasteiger charge is -1.84. The zero-order valence-electron chi connectivity index (χ0n) is 4.96. The molecule has 0 unspecified atom stereocenters. The summed E-state index contributed by atoms with van der Waals surface area (Å²) in [6.07, 6.45) is 1.68. The fraction of sp³-hybridized carbons (Fsp3) is 0.200. The Morgan fingerprint density at radius 2 is 2.60 bits per heavy atom. The van der Waals surface area contributed by atoms with E-state index >= 15 is 0 Å². The van der Waals surface area contributed by atoms with Gasteiger partial charge >= 0.3 is 5.97 Å². The topological polar surface area (TPSA) is 53.1 Å². The van der Waals surface area contributed by atoms with Crippen molar-refractivity contribution in [3.63, 3.8) is 0 Å². The predicted octanol–water partition coefficient (Wildman–Crippen LogP) is 1.43. The number of aromatic nitrogens is 1. The van der Waals surface area contributed by atoms with Gasteiger partial charge < -0.3 is 10.1 Å². The molecule has 0 atom stereocenters. The molecule has 1 rings (SSSR count). The quantitative estimate of drug-likeness (QED) is 0.668. The van der Waals surface area contributed by atoms with Gasteiger partial charge in [0, 0.05) is 11.1 Å². The van der Waals surface area contributed by atoms with Crippen LogP contribution in [0, 0.1) is 3.95 Å². The molecule has 0 aliphatic heterocycles. The Morgan fingerprint density at radius 1 is 1.90 bits per heavy atom. The molecule has 10 heavy (non-hydrogen) atoms. The van der Waals surface area contributed by atoms with E-state index in [1.165, 1.54) is 11.3 Å². The summed E-state index contributed by atoms with van der Waals surface area (Å²) in [5, 5.41) is 8.33. The first-order valence-corrected chi connectivity index (χ1v) is 3.80. The molecule has 0 spiro atoms. The van der Waals surface area contributed by atoms with Gasteiger partial charge in [-0.3, -0.25) is 4.79 Å². The van der Waals surface area contributed by atoms with Gasteiger partial charge in [-0.1, -0.05) is 0 Å². The summed E-state index contributed by atoms with van der Waals surface area (Å²) in [6.45, 7) is 0. The van der Waals surface area contributed by atoms with Crippen LogP contribution in [-0.4, -0.2) is 16.1 Å². The van der Waals surface area contributed by atoms with Crippen LogP contribution in [-0.2, 0) is 11.2 Å². The third-order valence-electron chi connectivity index (χ3n) is 0.900. The van der Waals surface area contributed by atoms with Crippen LogP contribution in [0.2, 0.25) is 0 Å². The molecule has 5 heteroatoms. The molecule has 0 aromatic carbocycles. The Morgan fingerprint density at radius 3 is 3.00 bits per heavy atom. The third-order valence-corrected chi connectivity index (χ3v) is 2.10. The first-order chi connectivity index (χ1) is 4.68. The SMILES string of the molecule is O=C(O)Cc1c[nH]c(=S)s1. The Labute approximate surface area is 66.3 Å². The van der Waals surface area contributed by atoms with Crippen LogP contribution in [0.3, 0.4) is 0 Å². The van der Waals surface area contributed by atoms with E-state index in [0.717, 1.165) is 4.88 Å². The molecule has 0 saturated heterocycles. The maximum absolute atomic E-state index is 10.1. The largest absolute Gasteiger partial charge is 0.481 e. The van der Waals surface area contributed by atoms with Gasteiger partial charge in [0.2, 0.25) is 0 Å². The summed E-state index contributed by atoms with van der Waals surface area (Å²) in [5.41, 5.74) is 0. The minimum atomic E-state index is -0.828. The highest BCUT2D eigenvalue weighted by Gasteiger charge is 2.00. The number of nitrogens with one attached hydrogen (secondary N) is 1. The monoisotopic (exact) mass is 175 g/mol. The Bertz CT molecular complexity index is 288. The smallest absolute Gasteiger partial charge is 0.308 e. The second-order valence-electron chi connectivity index (χ2n) is 1.72. The number of H-pyrrole nitrogens is 1. The number of thiazole rings is 1. The van der Waals surface area contributed by atoms with Gasteiger partial charge in [0.25, 0.3) is 0 Å². The molecule has 54 valence electrons. The van der Waals surface area contributed by atoms with Crippen LogP contribution in [0.5, 0.6) is 0 Å². The number of carbonyl (C=O) groups is 1. The number of hydrogen-bond donors (Lipinski definition) is 2. The molecule has 0 radical (unpaired) electrons. The first kappa shape index (κ1) is 7.43. The molecular weight excluding hydrogens is 170 g/mol. The molecule has 1 aromatic rings. The van der Waals surface area contributed by atoms with E-state index in [1.807, 2.05) is 0 Å². The van der Waals surface area contributed by atoms with Crippen LogP contribution in [0.1, 0.15) is 4.88 Å². The number of aromatic amines is 1. The molecule has 2 N–H and O–H groups in total. The van der Waals surface area contributed by atoms with E-state index < -0.39 is 5.97 Å². The Balaban J connectivity index is 2.76. The van der Waals surface area contributed by atoms with Gasteiger partial charge in [0.05, 0.1) is 6.42 Å². The van der Waals surface area contributed by atoms with Crippen molar-refractivity contribution in [2.45, 2.75) is 6.42 Å². The Hall–Kier alpha value is -0.680. The van der Waals surface area contributed by atoms with Crippen molar-refractivity contribution < 1.29 is 9.90 Å². The van der Waals surface area contributed by atoms with Gasteiger partial charge in [-0.15, -0.1) is 11.3 Å². The predicted molar refractivity (Wildman–Crippen MR) is 40.8 cm³/mol. The maximum Gasteiger partial charge on any atom is 0.308 e. The van der Waals surface area contributed by atoms with E-state index in [9.17, 15) is 4.79 Å². The number of hydrogen-bond acceptors (Lipinski definition) is 3. The highest BCUT2D eigenvalue weighted by atomic mass is 32.1. The van der Waals surface area contributed by atoms with E-state index in [4.69, 9.17) is 17.3 Å². The maximum atomic E-state index is 10.1. The lowest BCUT2D eigenvalue weighted by atomic mass is 10.4.